The van der Waals surface area contributed by atoms with E-state index in [0.29, 0.717) is 18.0 Å². The van der Waals surface area contributed by atoms with Gasteiger partial charge in [0.25, 0.3) is 5.91 Å². The summed E-state index contributed by atoms with van der Waals surface area (Å²) in [7, 11) is 1.58. The van der Waals surface area contributed by atoms with Gasteiger partial charge in [-0.1, -0.05) is 12.1 Å². The summed E-state index contributed by atoms with van der Waals surface area (Å²) in [5.74, 6) is 1.11. The molecule has 0 saturated carbocycles. The average molecular weight is 310 g/mol. The van der Waals surface area contributed by atoms with Crippen molar-refractivity contribution in [3.63, 3.8) is 0 Å². The molecule has 0 radical (unpaired) electrons. The van der Waals surface area contributed by atoms with Crippen LogP contribution in [-0.4, -0.2) is 25.7 Å². The Morgan fingerprint density at radius 2 is 2.00 bits per heavy atom. The van der Waals surface area contributed by atoms with Gasteiger partial charge in [-0.3, -0.25) is 4.79 Å². The van der Waals surface area contributed by atoms with Crippen LogP contribution in [0.4, 0.5) is 0 Å². The van der Waals surface area contributed by atoms with Gasteiger partial charge in [-0.25, -0.2) is 0 Å². The van der Waals surface area contributed by atoms with E-state index in [1.807, 2.05) is 31.2 Å². The maximum Gasteiger partial charge on any atom is 0.287 e. The lowest BCUT2D eigenvalue weighted by Crippen LogP contribution is -2.33. The first-order valence-corrected chi connectivity index (χ1v) is 6.81. The summed E-state index contributed by atoms with van der Waals surface area (Å²) in [5.41, 5.74) is 0. The van der Waals surface area contributed by atoms with Gasteiger partial charge >= 0.3 is 0 Å². The number of nitrogens with one attached hydrogen (secondary N) is 1. The van der Waals surface area contributed by atoms with Crippen molar-refractivity contribution in [2.24, 2.45) is 0 Å². The molecule has 1 N–H and O–H groups in total. The van der Waals surface area contributed by atoms with E-state index in [1.54, 1.807) is 7.11 Å². The average Bonchev–Trinajstić information content (AvgIpc) is 2.92. The molecule has 112 valence electrons. The van der Waals surface area contributed by atoms with Gasteiger partial charge in [0.15, 0.2) is 22.5 Å². The van der Waals surface area contributed by atoms with Gasteiger partial charge in [0.1, 0.15) is 6.10 Å². The SMILES string of the molecule is COc1ccccc1OC(C)CNC(=O)c1ccc(Cl)o1. The van der Waals surface area contributed by atoms with E-state index in [0.717, 1.165) is 0 Å². The number of halogens is 1. The van der Waals surface area contributed by atoms with Crippen molar-refractivity contribution < 1.29 is 18.7 Å². The van der Waals surface area contributed by atoms with Crippen molar-refractivity contribution in [1.82, 2.24) is 5.32 Å². The minimum Gasteiger partial charge on any atom is -0.493 e. The van der Waals surface area contributed by atoms with Crippen molar-refractivity contribution in [3.05, 3.63) is 47.4 Å². The molecule has 21 heavy (non-hydrogen) atoms. The molecule has 6 heteroatoms. The Kier molecular flexibility index (Phi) is 5.11. The molecule has 1 aromatic carbocycles. The minimum atomic E-state index is -0.336. The summed E-state index contributed by atoms with van der Waals surface area (Å²) in [6.07, 6.45) is -0.226. The second-order valence-corrected chi connectivity index (χ2v) is 4.77. The summed E-state index contributed by atoms with van der Waals surface area (Å²) in [6, 6.07) is 10.4. The van der Waals surface area contributed by atoms with Gasteiger partial charge in [0, 0.05) is 0 Å². The molecular formula is C15H16ClNO4. The molecule has 2 aromatic rings. The van der Waals surface area contributed by atoms with Crippen LogP contribution in [0.5, 0.6) is 11.5 Å². The fourth-order valence-corrected chi connectivity index (χ4v) is 1.88. The van der Waals surface area contributed by atoms with Gasteiger partial charge in [-0.15, -0.1) is 0 Å². The minimum absolute atomic E-state index is 0.171. The number of furan rings is 1. The lowest BCUT2D eigenvalue weighted by Gasteiger charge is -2.17. The lowest BCUT2D eigenvalue weighted by molar-refractivity contribution is 0.0904. The van der Waals surface area contributed by atoms with E-state index in [-0.39, 0.29) is 23.0 Å². The van der Waals surface area contributed by atoms with E-state index in [1.165, 1.54) is 12.1 Å². The van der Waals surface area contributed by atoms with E-state index >= 15 is 0 Å². The molecule has 0 aliphatic carbocycles. The van der Waals surface area contributed by atoms with Crippen LogP contribution >= 0.6 is 11.6 Å². The zero-order valence-corrected chi connectivity index (χ0v) is 12.5. The number of benzene rings is 1. The van der Waals surface area contributed by atoms with Crippen molar-refractivity contribution in [1.29, 1.82) is 0 Å². The molecule has 0 spiro atoms. The lowest BCUT2D eigenvalue weighted by atomic mass is 10.3. The Balaban J connectivity index is 1.87. The summed E-state index contributed by atoms with van der Waals surface area (Å²) in [6.45, 7) is 2.18. The van der Waals surface area contributed by atoms with Crippen LogP contribution in [0.3, 0.4) is 0 Å². The molecular weight excluding hydrogens is 294 g/mol. The molecule has 1 unspecified atom stereocenters. The number of hydrogen-bond donors (Lipinski definition) is 1. The third-order valence-electron chi connectivity index (χ3n) is 2.74. The largest absolute Gasteiger partial charge is 0.493 e. The number of ether oxygens (including phenoxy) is 2. The normalized spacial score (nSPS) is 11.8. The Labute approximate surface area is 127 Å². The van der Waals surface area contributed by atoms with Gasteiger partial charge < -0.3 is 19.2 Å². The zero-order chi connectivity index (χ0) is 15.2. The monoisotopic (exact) mass is 309 g/mol. The van der Waals surface area contributed by atoms with Crippen LogP contribution in [-0.2, 0) is 0 Å². The van der Waals surface area contributed by atoms with Gasteiger partial charge in [-0.05, 0) is 42.8 Å². The van der Waals surface area contributed by atoms with Gasteiger partial charge in [-0.2, -0.15) is 0 Å². The van der Waals surface area contributed by atoms with E-state index in [2.05, 4.69) is 5.32 Å². The fourth-order valence-electron chi connectivity index (χ4n) is 1.73. The van der Waals surface area contributed by atoms with Crippen LogP contribution in [0.1, 0.15) is 17.5 Å². The number of amides is 1. The Hall–Kier alpha value is -2.14. The molecule has 0 aliphatic rings. The highest BCUT2D eigenvalue weighted by Crippen LogP contribution is 2.26. The van der Waals surface area contributed by atoms with Crippen LogP contribution in [0.15, 0.2) is 40.8 Å². The third kappa shape index (κ3) is 4.16. The first-order valence-electron chi connectivity index (χ1n) is 6.43. The molecule has 1 atom stereocenters. The van der Waals surface area contributed by atoms with E-state index in [4.69, 9.17) is 25.5 Å². The van der Waals surface area contributed by atoms with Gasteiger partial charge in [0.05, 0.1) is 13.7 Å². The predicted octanol–water partition coefficient (Wildman–Crippen LogP) is 3.14. The number of para-hydroxylation sites is 2. The first kappa shape index (κ1) is 15.3. The van der Waals surface area contributed by atoms with Crippen molar-refractivity contribution in [3.8, 4) is 11.5 Å². The second kappa shape index (κ2) is 7.04. The number of carbonyl (C=O) groups is 1. The van der Waals surface area contributed by atoms with Gasteiger partial charge in [0.2, 0.25) is 0 Å². The molecule has 0 saturated heterocycles. The summed E-state index contributed by atoms with van der Waals surface area (Å²) >= 11 is 5.62. The van der Waals surface area contributed by atoms with E-state index in [9.17, 15) is 4.79 Å². The molecule has 2 rings (SSSR count). The third-order valence-corrected chi connectivity index (χ3v) is 2.95. The maximum absolute atomic E-state index is 11.8. The molecule has 1 heterocycles. The summed E-state index contributed by atoms with van der Waals surface area (Å²) in [4.78, 5) is 11.8. The Morgan fingerprint density at radius 3 is 2.62 bits per heavy atom. The number of rotatable bonds is 6. The highest BCUT2D eigenvalue weighted by molar-refractivity contribution is 6.29. The second-order valence-electron chi connectivity index (χ2n) is 4.39. The first-order chi connectivity index (χ1) is 10.1. The predicted molar refractivity (Wildman–Crippen MR) is 79.1 cm³/mol. The van der Waals surface area contributed by atoms with Crippen LogP contribution in [0.2, 0.25) is 5.22 Å². The van der Waals surface area contributed by atoms with Crippen molar-refractivity contribution in [2.75, 3.05) is 13.7 Å². The van der Waals surface area contributed by atoms with E-state index < -0.39 is 0 Å². The van der Waals surface area contributed by atoms with Crippen molar-refractivity contribution in [2.45, 2.75) is 13.0 Å². The molecule has 1 amide bonds. The smallest absolute Gasteiger partial charge is 0.287 e. The Bertz CT molecular complexity index is 611. The highest BCUT2D eigenvalue weighted by Gasteiger charge is 2.13. The molecule has 0 bridgehead atoms. The zero-order valence-electron chi connectivity index (χ0n) is 11.8. The topological polar surface area (TPSA) is 60.7 Å². The Morgan fingerprint density at radius 1 is 1.29 bits per heavy atom. The highest BCUT2D eigenvalue weighted by atomic mass is 35.5. The quantitative estimate of drug-likeness (QED) is 0.890. The standard InChI is InChI=1S/C15H16ClNO4/c1-10(20-12-6-4-3-5-11(12)19-2)9-17-15(18)13-7-8-14(16)21-13/h3-8,10H,9H2,1-2H3,(H,17,18). The summed E-state index contributed by atoms with van der Waals surface area (Å²) in [5, 5.41) is 2.89. The fraction of sp³-hybridized carbons (Fsp3) is 0.267. The number of carbonyl (C=O) groups excluding carboxylic acids is 1. The molecule has 0 aliphatic heterocycles. The van der Waals surface area contributed by atoms with Crippen LogP contribution in [0.25, 0.3) is 0 Å². The summed E-state index contributed by atoms with van der Waals surface area (Å²) < 4.78 is 16.0. The molecule has 1 aromatic heterocycles. The number of methoxy groups -OCH3 is 1. The van der Waals surface area contributed by atoms with Crippen molar-refractivity contribution >= 4 is 17.5 Å². The molecule has 5 nitrogen and oxygen atoms in total. The maximum atomic E-state index is 11.8. The number of hydrogen-bond acceptors (Lipinski definition) is 4. The van der Waals surface area contributed by atoms with Crippen LogP contribution < -0.4 is 14.8 Å². The molecule has 0 fully saturated rings. The van der Waals surface area contributed by atoms with Crippen LogP contribution in [0, 0.1) is 0 Å².